The quantitative estimate of drug-likeness (QED) is 0.344. The number of rotatable bonds is 7. The Morgan fingerprint density at radius 2 is 1.90 bits per heavy atom. The van der Waals surface area contributed by atoms with Gasteiger partial charge in [-0.05, 0) is 48.7 Å². The summed E-state index contributed by atoms with van der Waals surface area (Å²) in [5.74, 6) is -0.551. The lowest BCUT2D eigenvalue weighted by molar-refractivity contribution is 0.102. The van der Waals surface area contributed by atoms with Crippen molar-refractivity contribution in [3.8, 4) is 5.75 Å². The van der Waals surface area contributed by atoms with Gasteiger partial charge in [-0.25, -0.2) is 4.79 Å². The zero-order chi connectivity index (χ0) is 21.0. The summed E-state index contributed by atoms with van der Waals surface area (Å²) in [6.07, 6.45) is 5.01. The molecule has 152 valence electrons. The van der Waals surface area contributed by atoms with Crippen LogP contribution in [0.2, 0.25) is 10.0 Å². The first kappa shape index (κ1) is 21.2. The minimum atomic E-state index is -0.796. The Morgan fingerprint density at radius 3 is 2.62 bits per heavy atom. The number of carbonyl (C=O) groups is 1. The largest absolute Gasteiger partial charge is 0.508 e. The maximum Gasteiger partial charge on any atom is 0.349 e. The van der Waals surface area contributed by atoms with Crippen LogP contribution < -0.4 is 10.9 Å². The van der Waals surface area contributed by atoms with Crippen LogP contribution in [0.25, 0.3) is 11.0 Å². The molecule has 2 N–H and O–H groups in total. The molecule has 0 spiro atoms. The van der Waals surface area contributed by atoms with Crippen molar-refractivity contribution in [2.45, 2.75) is 39.0 Å². The number of unbranched alkanes of at least 4 members (excludes halogenated alkanes) is 3. The molecule has 1 heterocycles. The van der Waals surface area contributed by atoms with Crippen molar-refractivity contribution < 1.29 is 14.3 Å². The molecule has 3 aromatic rings. The van der Waals surface area contributed by atoms with E-state index in [1.165, 1.54) is 18.2 Å². The van der Waals surface area contributed by atoms with Crippen LogP contribution >= 0.6 is 23.2 Å². The molecule has 0 unspecified atom stereocenters. The number of halogens is 2. The molecule has 0 saturated heterocycles. The molecule has 0 aliphatic carbocycles. The zero-order valence-corrected chi connectivity index (χ0v) is 17.4. The maximum absolute atomic E-state index is 12.6. The highest BCUT2D eigenvalue weighted by molar-refractivity contribution is 6.36. The molecule has 2 aromatic carbocycles. The summed E-state index contributed by atoms with van der Waals surface area (Å²) in [7, 11) is 0. The standard InChI is InChI=1S/C22H21Cl2NO4/c1-2-3-4-5-6-13-9-14-10-16(22(28)29-20(14)12-19(13)26)21(27)25-18-8-7-15(23)11-17(18)24/h7-12,26H,2-6H2,1H3,(H,25,27). The van der Waals surface area contributed by atoms with Crippen LogP contribution in [0.4, 0.5) is 5.69 Å². The van der Waals surface area contributed by atoms with Crippen molar-refractivity contribution in [3.05, 3.63) is 68.0 Å². The number of amides is 1. The fraction of sp³-hybridized carbons (Fsp3) is 0.273. The first-order valence-corrected chi connectivity index (χ1v) is 10.2. The highest BCUT2D eigenvalue weighted by Gasteiger charge is 2.16. The fourth-order valence-electron chi connectivity index (χ4n) is 3.08. The third kappa shape index (κ3) is 5.11. The molecule has 0 atom stereocenters. The van der Waals surface area contributed by atoms with E-state index in [0.29, 0.717) is 22.5 Å². The van der Waals surface area contributed by atoms with Gasteiger partial charge in [-0.2, -0.15) is 0 Å². The van der Waals surface area contributed by atoms with Crippen LogP contribution in [0.15, 0.2) is 45.6 Å². The van der Waals surface area contributed by atoms with Crippen molar-refractivity contribution in [2.24, 2.45) is 0 Å². The van der Waals surface area contributed by atoms with E-state index in [1.807, 2.05) is 0 Å². The first-order valence-electron chi connectivity index (χ1n) is 9.45. The summed E-state index contributed by atoms with van der Waals surface area (Å²) in [5, 5.41) is 14.1. The number of phenolic OH excluding ortho intramolecular Hbond substituents is 1. The van der Waals surface area contributed by atoms with Gasteiger partial charge in [-0.1, -0.05) is 49.4 Å². The van der Waals surface area contributed by atoms with E-state index < -0.39 is 11.5 Å². The van der Waals surface area contributed by atoms with E-state index in [0.717, 1.165) is 31.2 Å². The summed E-state index contributed by atoms with van der Waals surface area (Å²) < 4.78 is 5.25. The van der Waals surface area contributed by atoms with Crippen LogP contribution in [-0.4, -0.2) is 11.0 Å². The van der Waals surface area contributed by atoms with Crippen LogP contribution in [0.5, 0.6) is 5.75 Å². The van der Waals surface area contributed by atoms with Crippen molar-refractivity contribution in [1.29, 1.82) is 0 Å². The molecular weight excluding hydrogens is 413 g/mol. The Morgan fingerprint density at radius 1 is 1.10 bits per heavy atom. The molecule has 0 radical (unpaired) electrons. The minimum absolute atomic E-state index is 0.0855. The fourth-order valence-corrected chi connectivity index (χ4v) is 3.54. The molecule has 1 aromatic heterocycles. The Labute approximate surface area is 178 Å². The summed E-state index contributed by atoms with van der Waals surface area (Å²) >= 11 is 11.9. The summed E-state index contributed by atoms with van der Waals surface area (Å²) in [5.41, 5.74) is 0.379. The van der Waals surface area contributed by atoms with Crippen molar-refractivity contribution >= 4 is 45.8 Å². The van der Waals surface area contributed by atoms with Gasteiger partial charge in [0, 0.05) is 16.5 Å². The van der Waals surface area contributed by atoms with Gasteiger partial charge in [0.15, 0.2) is 0 Å². The molecule has 0 bridgehead atoms. The van der Waals surface area contributed by atoms with E-state index >= 15 is 0 Å². The average Bonchev–Trinajstić information content (AvgIpc) is 2.67. The summed E-state index contributed by atoms with van der Waals surface area (Å²) in [4.78, 5) is 24.9. The summed E-state index contributed by atoms with van der Waals surface area (Å²) in [6.45, 7) is 2.14. The number of benzene rings is 2. The maximum atomic E-state index is 12.6. The van der Waals surface area contributed by atoms with Crippen molar-refractivity contribution in [3.63, 3.8) is 0 Å². The van der Waals surface area contributed by atoms with Gasteiger partial charge >= 0.3 is 5.63 Å². The Kier molecular flexibility index (Phi) is 6.83. The minimum Gasteiger partial charge on any atom is -0.508 e. The van der Waals surface area contributed by atoms with E-state index in [1.54, 1.807) is 18.2 Å². The lowest BCUT2D eigenvalue weighted by Gasteiger charge is -2.09. The van der Waals surface area contributed by atoms with E-state index in [4.69, 9.17) is 27.6 Å². The Balaban J connectivity index is 1.89. The third-order valence-corrected chi connectivity index (χ3v) is 5.20. The van der Waals surface area contributed by atoms with Crippen molar-refractivity contribution in [1.82, 2.24) is 0 Å². The van der Waals surface area contributed by atoms with Crippen LogP contribution in [0, 0.1) is 0 Å². The SMILES string of the molecule is CCCCCCc1cc2cc(C(=O)Nc3ccc(Cl)cc3Cl)c(=O)oc2cc1O. The molecule has 0 fully saturated rings. The van der Waals surface area contributed by atoms with Gasteiger partial charge in [-0.15, -0.1) is 0 Å². The van der Waals surface area contributed by atoms with Gasteiger partial charge in [-0.3, -0.25) is 4.79 Å². The first-order chi connectivity index (χ1) is 13.9. The highest BCUT2D eigenvalue weighted by Crippen LogP contribution is 2.28. The molecule has 0 aliphatic heterocycles. The number of carbonyl (C=O) groups excluding carboxylic acids is 1. The monoisotopic (exact) mass is 433 g/mol. The highest BCUT2D eigenvalue weighted by atomic mass is 35.5. The zero-order valence-electron chi connectivity index (χ0n) is 15.9. The van der Waals surface area contributed by atoms with E-state index in [2.05, 4.69) is 12.2 Å². The normalized spacial score (nSPS) is 11.0. The van der Waals surface area contributed by atoms with Crippen LogP contribution in [0.1, 0.15) is 48.5 Å². The van der Waals surface area contributed by atoms with Crippen LogP contribution in [-0.2, 0) is 6.42 Å². The molecule has 0 saturated carbocycles. The molecular formula is C22H21Cl2NO4. The van der Waals surface area contributed by atoms with Crippen molar-refractivity contribution in [2.75, 3.05) is 5.32 Å². The van der Waals surface area contributed by atoms with Gasteiger partial charge in [0.1, 0.15) is 16.9 Å². The Bertz CT molecular complexity index is 1110. The van der Waals surface area contributed by atoms with Crippen LogP contribution in [0.3, 0.4) is 0 Å². The summed E-state index contributed by atoms with van der Waals surface area (Å²) in [6, 6.07) is 9.27. The molecule has 5 nitrogen and oxygen atoms in total. The number of aryl methyl sites for hydroxylation is 1. The van der Waals surface area contributed by atoms with Gasteiger partial charge in [0.2, 0.25) is 0 Å². The lowest BCUT2D eigenvalue weighted by atomic mass is 10.0. The molecule has 1 amide bonds. The number of hydrogen-bond acceptors (Lipinski definition) is 4. The number of hydrogen-bond donors (Lipinski definition) is 2. The number of nitrogens with one attached hydrogen (secondary N) is 1. The number of phenols is 1. The van der Waals surface area contributed by atoms with E-state index in [9.17, 15) is 14.7 Å². The molecule has 0 aliphatic rings. The average molecular weight is 434 g/mol. The molecule has 29 heavy (non-hydrogen) atoms. The topological polar surface area (TPSA) is 79.5 Å². The Hall–Kier alpha value is -2.50. The second-order valence-electron chi connectivity index (χ2n) is 6.86. The van der Waals surface area contributed by atoms with Gasteiger partial charge in [0.25, 0.3) is 5.91 Å². The predicted molar refractivity (Wildman–Crippen MR) is 116 cm³/mol. The number of aromatic hydroxyl groups is 1. The molecule has 7 heteroatoms. The van der Waals surface area contributed by atoms with E-state index in [-0.39, 0.29) is 21.9 Å². The van der Waals surface area contributed by atoms with Gasteiger partial charge in [0.05, 0.1) is 10.7 Å². The second kappa shape index (κ2) is 9.33. The number of fused-ring (bicyclic) bond motifs is 1. The smallest absolute Gasteiger partial charge is 0.349 e. The lowest BCUT2D eigenvalue weighted by Crippen LogP contribution is -2.20. The number of anilines is 1. The molecule has 3 rings (SSSR count). The second-order valence-corrected chi connectivity index (χ2v) is 7.70. The predicted octanol–water partition coefficient (Wildman–Crippen LogP) is 6.18. The third-order valence-electron chi connectivity index (χ3n) is 4.66. The van der Waals surface area contributed by atoms with Gasteiger partial charge < -0.3 is 14.8 Å².